The highest BCUT2D eigenvalue weighted by atomic mass is 32.2. The molecule has 0 unspecified atom stereocenters. The van der Waals surface area contributed by atoms with Crippen molar-refractivity contribution in [3.63, 3.8) is 0 Å². The number of hydrogen-bond donors (Lipinski definition) is 1. The number of hydrogen-bond acceptors (Lipinski definition) is 4. The molecule has 1 fully saturated rings. The average Bonchev–Trinajstić information content (AvgIpc) is 2.28. The molecule has 15 heavy (non-hydrogen) atoms. The van der Waals surface area contributed by atoms with E-state index in [1.807, 2.05) is 0 Å². The van der Waals surface area contributed by atoms with Crippen LogP contribution in [0.5, 0.6) is 0 Å². The Kier molecular flexibility index (Phi) is 7.36. The second kappa shape index (κ2) is 8.34. The van der Waals surface area contributed by atoms with Crippen molar-refractivity contribution >= 4 is 30.4 Å². The summed E-state index contributed by atoms with van der Waals surface area (Å²) in [5.41, 5.74) is 0. The minimum absolute atomic E-state index is 0.0927. The summed E-state index contributed by atoms with van der Waals surface area (Å²) in [5.74, 6) is 2.98. The molecule has 0 heterocycles. The van der Waals surface area contributed by atoms with E-state index >= 15 is 0 Å². The van der Waals surface area contributed by atoms with Gasteiger partial charge in [-0.1, -0.05) is 19.3 Å². The fraction of sp³-hybridized carbons (Fsp3) is 0.909. The van der Waals surface area contributed by atoms with Crippen molar-refractivity contribution in [2.45, 2.75) is 32.1 Å². The zero-order valence-corrected chi connectivity index (χ0v) is 10.8. The first-order valence-electron chi connectivity index (χ1n) is 5.67. The molecule has 4 heteroatoms. The summed E-state index contributed by atoms with van der Waals surface area (Å²) in [4.78, 5) is 11.2. The summed E-state index contributed by atoms with van der Waals surface area (Å²) >= 11 is 5.70. The van der Waals surface area contributed by atoms with Crippen LogP contribution in [0.4, 0.5) is 0 Å². The smallest absolute Gasteiger partial charge is 0.315 e. The van der Waals surface area contributed by atoms with Crippen molar-refractivity contribution in [1.82, 2.24) is 0 Å². The van der Waals surface area contributed by atoms with Gasteiger partial charge in [0.1, 0.15) is 6.61 Å². The van der Waals surface area contributed by atoms with Gasteiger partial charge in [-0.05, 0) is 24.5 Å². The van der Waals surface area contributed by atoms with Gasteiger partial charge in [0, 0.05) is 5.75 Å². The Morgan fingerprint density at radius 3 is 2.73 bits per heavy atom. The second-order valence-corrected chi connectivity index (χ2v) is 5.44. The number of thiol groups is 1. The number of carbonyl (C=O) groups is 1. The molecule has 0 N–H and O–H groups in total. The molecule has 1 aliphatic carbocycles. The number of carbonyl (C=O) groups excluding carboxylic acids is 1. The Labute approximate surface area is 102 Å². The van der Waals surface area contributed by atoms with Crippen molar-refractivity contribution in [2.24, 2.45) is 5.92 Å². The van der Waals surface area contributed by atoms with Gasteiger partial charge in [0.15, 0.2) is 0 Å². The summed E-state index contributed by atoms with van der Waals surface area (Å²) in [6.07, 6.45) is 6.83. The lowest BCUT2D eigenvalue weighted by molar-refractivity contribution is -0.139. The topological polar surface area (TPSA) is 26.3 Å². The van der Waals surface area contributed by atoms with Gasteiger partial charge < -0.3 is 4.74 Å². The quantitative estimate of drug-likeness (QED) is 0.578. The second-order valence-electron chi connectivity index (χ2n) is 3.96. The Hall–Kier alpha value is 0.170. The molecular weight excluding hydrogens is 228 g/mol. The highest BCUT2D eigenvalue weighted by Crippen LogP contribution is 2.26. The van der Waals surface area contributed by atoms with Crippen molar-refractivity contribution in [3.8, 4) is 0 Å². The molecule has 0 aromatic heterocycles. The SMILES string of the molecule is O=C(CSCC1CCCCC1)OCCS. The molecule has 1 saturated carbocycles. The third-order valence-corrected chi connectivity index (χ3v) is 3.98. The van der Waals surface area contributed by atoms with Gasteiger partial charge in [0.2, 0.25) is 0 Å². The summed E-state index contributed by atoms with van der Waals surface area (Å²) in [5, 5.41) is 0. The summed E-state index contributed by atoms with van der Waals surface area (Å²) in [7, 11) is 0. The molecule has 0 atom stereocenters. The highest BCUT2D eigenvalue weighted by Gasteiger charge is 2.13. The lowest BCUT2D eigenvalue weighted by Crippen LogP contribution is -2.13. The molecule has 1 aliphatic rings. The van der Waals surface area contributed by atoms with Crippen molar-refractivity contribution in [2.75, 3.05) is 23.9 Å². The maximum absolute atomic E-state index is 11.2. The fourth-order valence-electron chi connectivity index (χ4n) is 1.86. The molecule has 88 valence electrons. The van der Waals surface area contributed by atoms with E-state index < -0.39 is 0 Å². The van der Waals surface area contributed by atoms with Gasteiger partial charge in [-0.25, -0.2) is 0 Å². The Balaban J connectivity index is 1.97. The van der Waals surface area contributed by atoms with E-state index in [1.54, 1.807) is 11.8 Å². The molecule has 0 amide bonds. The first kappa shape index (κ1) is 13.2. The van der Waals surface area contributed by atoms with Crippen LogP contribution in [0.1, 0.15) is 32.1 Å². The summed E-state index contributed by atoms with van der Waals surface area (Å²) in [6.45, 7) is 0.436. The van der Waals surface area contributed by atoms with Crippen LogP contribution >= 0.6 is 24.4 Å². The van der Waals surface area contributed by atoms with Crippen LogP contribution < -0.4 is 0 Å². The molecule has 0 aromatic rings. The molecule has 0 aliphatic heterocycles. The van der Waals surface area contributed by atoms with Crippen LogP contribution in [-0.2, 0) is 9.53 Å². The van der Waals surface area contributed by atoms with E-state index in [2.05, 4.69) is 12.6 Å². The fourth-order valence-corrected chi connectivity index (χ4v) is 2.99. The third kappa shape index (κ3) is 6.36. The maximum atomic E-state index is 11.2. The van der Waals surface area contributed by atoms with Gasteiger partial charge in [-0.2, -0.15) is 12.6 Å². The monoisotopic (exact) mass is 248 g/mol. The number of esters is 1. The van der Waals surface area contributed by atoms with Crippen molar-refractivity contribution in [3.05, 3.63) is 0 Å². The highest BCUT2D eigenvalue weighted by molar-refractivity contribution is 7.99. The van der Waals surface area contributed by atoms with Crippen LogP contribution in [0.25, 0.3) is 0 Å². The number of rotatable bonds is 6. The number of thioether (sulfide) groups is 1. The molecule has 0 saturated heterocycles. The van der Waals surface area contributed by atoms with E-state index in [9.17, 15) is 4.79 Å². The normalized spacial score (nSPS) is 17.7. The molecule has 0 aromatic carbocycles. The van der Waals surface area contributed by atoms with Crippen LogP contribution in [0.3, 0.4) is 0 Å². The van der Waals surface area contributed by atoms with E-state index in [1.165, 1.54) is 32.1 Å². The van der Waals surface area contributed by atoms with Gasteiger partial charge in [0.05, 0.1) is 5.75 Å². The van der Waals surface area contributed by atoms with Gasteiger partial charge in [-0.15, -0.1) is 11.8 Å². The summed E-state index contributed by atoms with van der Waals surface area (Å²) < 4.78 is 4.94. The lowest BCUT2D eigenvalue weighted by atomic mass is 9.91. The van der Waals surface area contributed by atoms with Crippen LogP contribution in [0.2, 0.25) is 0 Å². The van der Waals surface area contributed by atoms with Crippen molar-refractivity contribution < 1.29 is 9.53 Å². The molecule has 1 rings (SSSR count). The molecule has 0 bridgehead atoms. The Bertz CT molecular complexity index is 179. The van der Waals surface area contributed by atoms with Crippen LogP contribution in [-0.4, -0.2) is 29.8 Å². The van der Waals surface area contributed by atoms with Crippen LogP contribution in [0.15, 0.2) is 0 Å². The number of ether oxygens (including phenoxy) is 1. The minimum atomic E-state index is -0.0927. The zero-order valence-electron chi connectivity index (χ0n) is 9.11. The lowest BCUT2D eigenvalue weighted by Gasteiger charge is -2.20. The van der Waals surface area contributed by atoms with Gasteiger partial charge >= 0.3 is 5.97 Å². The van der Waals surface area contributed by atoms with E-state index in [4.69, 9.17) is 4.74 Å². The van der Waals surface area contributed by atoms with E-state index in [0.717, 1.165) is 11.7 Å². The predicted molar refractivity (Wildman–Crippen MR) is 68.7 cm³/mol. The molecular formula is C11H20O2S2. The average molecular weight is 248 g/mol. The minimum Gasteiger partial charge on any atom is -0.464 e. The van der Waals surface area contributed by atoms with Gasteiger partial charge in [0.25, 0.3) is 0 Å². The summed E-state index contributed by atoms with van der Waals surface area (Å²) in [6, 6.07) is 0. The van der Waals surface area contributed by atoms with Gasteiger partial charge in [-0.3, -0.25) is 4.79 Å². The van der Waals surface area contributed by atoms with E-state index in [-0.39, 0.29) is 5.97 Å². The Morgan fingerprint density at radius 2 is 2.07 bits per heavy atom. The largest absolute Gasteiger partial charge is 0.464 e. The predicted octanol–water partition coefficient (Wildman–Crippen LogP) is 2.77. The zero-order chi connectivity index (χ0) is 10.9. The molecule has 0 spiro atoms. The molecule has 2 nitrogen and oxygen atoms in total. The van der Waals surface area contributed by atoms with Crippen LogP contribution in [0, 0.1) is 5.92 Å². The first-order chi connectivity index (χ1) is 7.33. The Morgan fingerprint density at radius 1 is 1.33 bits per heavy atom. The van der Waals surface area contributed by atoms with E-state index in [0.29, 0.717) is 18.1 Å². The maximum Gasteiger partial charge on any atom is 0.315 e. The third-order valence-electron chi connectivity index (χ3n) is 2.65. The molecule has 0 radical (unpaired) electrons. The first-order valence-corrected chi connectivity index (χ1v) is 7.46. The standard InChI is InChI=1S/C11H20O2S2/c12-11(13-6-7-14)9-15-8-10-4-2-1-3-5-10/h10,14H,1-9H2. The van der Waals surface area contributed by atoms with Crippen molar-refractivity contribution in [1.29, 1.82) is 0 Å².